The first-order valence-electron chi connectivity index (χ1n) is 7.07. The normalized spacial score (nSPS) is 11.1. The van der Waals surface area contributed by atoms with Crippen LogP contribution in [0.1, 0.15) is 17.7 Å². The molecule has 0 aliphatic carbocycles. The van der Waals surface area contributed by atoms with Crippen LogP contribution < -0.4 is 10.6 Å². The van der Waals surface area contributed by atoms with Gasteiger partial charge in [-0.2, -0.15) is 13.2 Å². The van der Waals surface area contributed by atoms with Crippen molar-refractivity contribution in [2.24, 2.45) is 0 Å². The van der Waals surface area contributed by atoms with E-state index in [2.05, 4.69) is 15.6 Å². The van der Waals surface area contributed by atoms with Crippen LogP contribution in [0, 0.1) is 0 Å². The van der Waals surface area contributed by atoms with Gasteiger partial charge >= 0.3 is 6.18 Å². The predicted octanol–water partition coefficient (Wildman–Crippen LogP) is 2.12. The molecule has 2 amide bonds. The summed E-state index contributed by atoms with van der Waals surface area (Å²) in [7, 11) is 0. The molecule has 3 N–H and O–H groups in total. The summed E-state index contributed by atoms with van der Waals surface area (Å²) in [5.74, 6) is -1.09. The van der Waals surface area contributed by atoms with E-state index in [1.165, 1.54) is 0 Å². The number of carbonyl (C=O) groups excluding carboxylic acids is 2. The average molecular weight is 340 g/mol. The Morgan fingerprint density at radius 2 is 1.83 bits per heavy atom. The molecule has 0 fully saturated rings. The van der Waals surface area contributed by atoms with Gasteiger partial charge in [0.05, 0.1) is 12.6 Å². The standard InChI is InChI=1S/C15H15F3N4O2/c16-15(17,18)11-9-20-14(21-11)22-12(23)6-7-19-13(24)8-10-4-2-1-3-5-10/h1-5,9H,6-8H2,(H,19,24)(H2,20,21,22,23). The van der Waals surface area contributed by atoms with Crippen LogP contribution in [0.15, 0.2) is 36.5 Å². The summed E-state index contributed by atoms with van der Waals surface area (Å²) in [5.41, 5.74) is -0.205. The van der Waals surface area contributed by atoms with E-state index in [1.54, 1.807) is 12.1 Å². The summed E-state index contributed by atoms with van der Waals surface area (Å²) in [6.07, 6.45) is -3.85. The number of rotatable bonds is 6. The molecule has 0 atom stereocenters. The number of carbonyl (C=O) groups is 2. The summed E-state index contributed by atoms with van der Waals surface area (Å²) in [6.45, 7) is 0.0737. The zero-order valence-electron chi connectivity index (χ0n) is 12.5. The van der Waals surface area contributed by atoms with Crippen LogP contribution in [-0.2, 0) is 22.2 Å². The molecule has 128 valence electrons. The molecule has 0 radical (unpaired) electrons. The summed E-state index contributed by atoms with van der Waals surface area (Å²) in [5, 5.41) is 4.77. The van der Waals surface area contributed by atoms with Gasteiger partial charge in [-0.1, -0.05) is 30.3 Å². The molecule has 24 heavy (non-hydrogen) atoms. The van der Waals surface area contributed by atoms with E-state index < -0.39 is 17.8 Å². The monoisotopic (exact) mass is 340 g/mol. The third-order valence-corrected chi connectivity index (χ3v) is 3.02. The Morgan fingerprint density at radius 3 is 2.46 bits per heavy atom. The second kappa shape index (κ2) is 7.62. The number of amides is 2. The van der Waals surface area contributed by atoms with Crippen molar-refractivity contribution in [3.05, 3.63) is 47.8 Å². The second-order valence-corrected chi connectivity index (χ2v) is 4.95. The third kappa shape index (κ3) is 5.41. The molecule has 1 aromatic carbocycles. The molecule has 6 nitrogen and oxygen atoms in total. The van der Waals surface area contributed by atoms with Gasteiger partial charge in [-0.15, -0.1) is 0 Å². The van der Waals surface area contributed by atoms with Gasteiger partial charge in [0.1, 0.15) is 5.69 Å². The Labute approximate surface area is 135 Å². The van der Waals surface area contributed by atoms with E-state index in [4.69, 9.17) is 0 Å². The number of imidazole rings is 1. The first kappa shape index (κ1) is 17.5. The van der Waals surface area contributed by atoms with Crippen molar-refractivity contribution in [1.29, 1.82) is 0 Å². The quantitative estimate of drug-likeness (QED) is 0.753. The smallest absolute Gasteiger partial charge is 0.355 e. The Morgan fingerprint density at radius 1 is 1.12 bits per heavy atom. The van der Waals surface area contributed by atoms with Crippen LogP contribution in [0.4, 0.5) is 19.1 Å². The van der Waals surface area contributed by atoms with Gasteiger partial charge in [-0.3, -0.25) is 14.9 Å². The number of nitrogens with zero attached hydrogens (tertiary/aromatic N) is 1. The number of hydrogen-bond donors (Lipinski definition) is 3. The highest BCUT2D eigenvalue weighted by Crippen LogP contribution is 2.27. The van der Waals surface area contributed by atoms with E-state index in [0.29, 0.717) is 6.20 Å². The summed E-state index contributed by atoms with van der Waals surface area (Å²) >= 11 is 0. The fraction of sp³-hybridized carbons (Fsp3) is 0.267. The fourth-order valence-corrected chi connectivity index (χ4v) is 1.88. The van der Waals surface area contributed by atoms with Crippen molar-refractivity contribution >= 4 is 17.8 Å². The highest BCUT2D eigenvalue weighted by molar-refractivity contribution is 5.89. The molecule has 2 aromatic rings. The minimum Gasteiger partial charge on any atom is -0.355 e. The Hall–Kier alpha value is -2.84. The van der Waals surface area contributed by atoms with E-state index in [9.17, 15) is 22.8 Å². The minimum atomic E-state index is -4.55. The molecule has 0 spiro atoms. The van der Waals surface area contributed by atoms with Gasteiger partial charge in [0, 0.05) is 13.0 Å². The number of nitrogens with one attached hydrogen (secondary N) is 3. The van der Waals surface area contributed by atoms with Crippen LogP contribution in [0.2, 0.25) is 0 Å². The minimum absolute atomic E-state index is 0.0737. The molecule has 1 heterocycles. The van der Waals surface area contributed by atoms with E-state index in [1.807, 2.05) is 23.2 Å². The maximum absolute atomic E-state index is 12.4. The topological polar surface area (TPSA) is 86.9 Å². The molecule has 9 heteroatoms. The van der Waals surface area contributed by atoms with Crippen LogP contribution in [0.3, 0.4) is 0 Å². The number of halogens is 3. The highest BCUT2D eigenvalue weighted by Gasteiger charge is 2.33. The van der Waals surface area contributed by atoms with Crippen molar-refractivity contribution in [2.75, 3.05) is 11.9 Å². The highest BCUT2D eigenvalue weighted by atomic mass is 19.4. The van der Waals surface area contributed by atoms with Gasteiger partial charge in [-0.05, 0) is 5.56 Å². The third-order valence-electron chi connectivity index (χ3n) is 3.02. The van der Waals surface area contributed by atoms with Crippen molar-refractivity contribution < 1.29 is 22.8 Å². The summed E-state index contributed by atoms with van der Waals surface area (Å²) in [6, 6.07) is 9.08. The zero-order chi connectivity index (χ0) is 17.6. The van der Waals surface area contributed by atoms with Crippen LogP contribution in [0.5, 0.6) is 0 Å². The average Bonchev–Trinajstić information content (AvgIpc) is 2.97. The van der Waals surface area contributed by atoms with Gasteiger partial charge in [-0.25, -0.2) is 4.98 Å². The molecular weight excluding hydrogens is 325 g/mol. The Kier molecular flexibility index (Phi) is 5.56. The van der Waals surface area contributed by atoms with E-state index in [0.717, 1.165) is 5.56 Å². The molecular formula is C15H15F3N4O2. The number of aromatic amines is 1. The summed E-state index contributed by atoms with van der Waals surface area (Å²) < 4.78 is 37.1. The van der Waals surface area contributed by atoms with Crippen LogP contribution in [-0.4, -0.2) is 28.3 Å². The predicted molar refractivity (Wildman–Crippen MR) is 80.0 cm³/mol. The van der Waals surface area contributed by atoms with E-state index >= 15 is 0 Å². The van der Waals surface area contributed by atoms with Crippen LogP contribution in [0.25, 0.3) is 0 Å². The lowest BCUT2D eigenvalue weighted by molar-refractivity contribution is -0.140. The van der Waals surface area contributed by atoms with Crippen molar-refractivity contribution in [3.8, 4) is 0 Å². The number of H-pyrrole nitrogens is 1. The Bertz CT molecular complexity index is 698. The molecule has 0 bridgehead atoms. The molecule has 0 aliphatic rings. The molecule has 0 aliphatic heterocycles. The zero-order valence-corrected chi connectivity index (χ0v) is 12.5. The first-order chi connectivity index (χ1) is 11.3. The number of benzene rings is 1. The number of hydrogen-bond acceptors (Lipinski definition) is 3. The molecule has 0 saturated heterocycles. The van der Waals surface area contributed by atoms with E-state index in [-0.39, 0.29) is 31.2 Å². The maximum Gasteiger partial charge on any atom is 0.432 e. The van der Waals surface area contributed by atoms with Crippen LogP contribution >= 0.6 is 0 Å². The van der Waals surface area contributed by atoms with Gasteiger partial charge in [0.2, 0.25) is 17.8 Å². The van der Waals surface area contributed by atoms with Gasteiger partial charge in [0.15, 0.2) is 0 Å². The maximum atomic E-state index is 12.4. The molecule has 1 aromatic heterocycles. The number of anilines is 1. The molecule has 2 rings (SSSR count). The second-order valence-electron chi connectivity index (χ2n) is 4.95. The fourth-order valence-electron chi connectivity index (χ4n) is 1.88. The molecule has 0 saturated carbocycles. The lowest BCUT2D eigenvalue weighted by Gasteiger charge is -2.06. The van der Waals surface area contributed by atoms with Crippen molar-refractivity contribution in [2.45, 2.75) is 19.0 Å². The van der Waals surface area contributed by atoms with Gasteiger partial charge < -0.3 is 10.3 Å². The lowest BCUT2D eigenvalue weighted by Crippen LogP contribution is -2.29. The van der Waals surface area contributed by atoms with Crippen molar-refractivity contribution in [1.82, 2.24) is 15.3 Å². The van der Waals surface area contributed by atoms with Crippen molar-refractivity contribution in [3.63, 3.8) is 0 Å². The number of alkyl halides is 3. The van der Waals surface area contributed by atoms with Gasteiger partial charge in [0.25, 0.3) is 0 Å². The Balaban J connectivity index is 1.71. The largest absolute Gasteiger partial charge is 0.432 e. The SMILES string of the molecule is O=C(Cc1ccccc1)NCCC(=O)Nc1ncc(C(F)(F)F)[nH]1. The number of aromatic nitrogens is 2. The summed E-state index contributed by atoms with van der Waals surface area (Å²) in [4.78, 5) is 28.7. The molecule has 0 unspecified atom stereocenters. The first-order valence-corrected chi connectivity index (χ1v) is 7.07. The lowest BCUT2D eigenvalue weighted by atomic mass is 10.1.